The summed E-state index contributed by atoms with van der Waals surface area (Å²) in [5.41, 5.74) is 1.93. The van der Waals surface area contributed by atoms with Crippen molar-refractivity contribution in [1.29, 1.82) is 0 Å². The molecule has 2 aromatic rings. The van der Waals surface area contributed by atoms with Crippen molar-refractivity contribution in [2.45, 2.75) is 13.5 Å². The quantitative estimate of drug-likeness (QED) is 0.775. The van der Waals surface area contributed by atoms with Crippen LogP contribution in [-0.2, 0) is 6.61 Å². The number of nitrogens with one attached hydrogen (secondary N) is 2. The van der Waals surface area contributed by atoms with Crippen molar-refractivity contribution >= 4 is 33.3 Å². The lowest BCUT2D eigenvalue weighted by Gasteiger charge is -2.11. The van der Waals surface area contributed by atoms with Gasteiger partial charge in [0.15, 0.2) is 0 Å². The number of rotatable bonds is 5. The van der Waals surface area contributed by atoms with Gasteiger partial charge in [-0.05, 0) is 46.6 Å². The Kier molecular flexibility index (Phi) is 5.30. The molecule has 1 amide bonds. The molecular formula is C15H16BrN3O2. The summed E-state index contributed by atoms with van der Waals surface area (Å²) in [4.78, 5) is 16.6. The maximum absolute atomic E-state index is 12.4. The largest absolute Gasteiger partial charge is 0.392 e. The minimum Gasteiger partial charge on any atom is -0.392 e. The number of aliphatic hydroxyl groups is 1. The van der Waals surface area contributed by atoms with E-state index in [0.717, 1.165) is 10.0 Å². The lowest BCUT2D eigenvalue weighted by molar-refractivity contribution is 0.102. The number of anilines is 2. The Morgan fingerprint density at radius 2 is 2.05 bits per heavy atom. The second kappa shape index (κ2) is 7.19. The summed E-state index contributed by atoms with van der Waals surface area (Å²) in [6.07, 6.45) is 1.64. The van der Waals surface area contributed by atoms with E-state index in [2.05, 4.69) is 31.5 Å². The van der Waals surface area contributed by atoms with Gasteiger partial charge in [-0.3, -0.25) is 4.79 Å². The first kappa shape index (κ1) is 15.5. The topological polar surface area (TPSA) is 74.2 Å². The Bertz CT molecular complexity index is 629. The van der Waals surface area contributed by atoms with E-state index in [0.29, 0.717) is 23.6 Å². The molecule has 0 radical (unpaired) electrons. The summed E-state index contributed by atoms with van der Waals surface area (Å²) in [6.45, 7) is 2.60. The van der Waals surface area contributed by atoms with Gasteiger partial charge < -0.3 is 15.7 Å². The van der Waals surface area contributed by atoms with Gasteiger partial charge in [-0.25, -0.2) is 4.98 Å². The third-order valence-electron chi connectivity index (χ3n) is 2.84. The monoisotopic (exact) mass is 349 g/mol. The molecule has 0 aliphatic rings. The Labute approximate surface area is 131 Å². The standard InChI is InChI=1S/C15H16BrN3O2/c1-2-17-14-13(7-11(16)8-18-14)15(21)19-12-5-3-10(9-20)4-6-12/h3-8,20H,2,9H2,1H3,(H,17,18)(H,19,21). The predicted octanol–water partition coefficient (Wildman–Crippen LogP) is 3.02. The van der Waals surface area contributed by atoms with Gasteiger partial charge in [0.2, 0.25) is 0 Å². The molecule has 6 heteroatoms. The van der Waals surface area contributed by atoms with Crippen LogP contribution in [0.25, 0.3) is 0 Å². The lowest BCUT2D eigenvalue weighted by atomic mass is 10.2. The van der Waals surface area contributed by atoms with Crippen LogP contribution < -0.4 is 10.6 Å². The highest BCUT2D eigenvalue weighted by atomic mass is 79.9. The molecule has 2 rings (SSSR count). The third-order valence-corrected chi connectivity index (χ3v) is 3.27. The van der Waals surface area contributed by atoms with E-state index in [4.69, 9.17) is 5.11 Å². The number of hydrogen-bond acceptors (Lipinski definition) is 4. The van der Waals surface area contributed by atoms with Gasteiger partial charge in [0, 0.05) is 22.9 Å². The predicted molar refractivity (Wildman–Crippen MR) is 86.4 cm³/mol. The van der Waals surface area contributed by atoms with Crippen molar-refractivity contribution in [1.82, 2.24) is 4.98 Å². The number of carbonyl (C=O) groups is 1. The van der Waals surface area contributed by atoms with E-state index >= 15 is 0 Å². The molecule has 0 aliphatic carbocycles. The summed E-state index contributed by atoms with van der Waals surface area (Å²) in [7, 11) is 0. The van der Waals surface area contributed by atoms with Crippen molar-refractivity contribution in [3.63, 3.8) is 0 Å². The number of pyridine rings is 1. The zero-order valence-corrected chi connectivity index (χ0v) is 13.1. The average molecular weight is 350 g/mol. The van der Waals surface area contributed by atoms with Crippen LogP contribution in [0.15, 0.2) is 41.0 Å². The highest BCUT2D eigenvalue weighted by Gasteiger charge is 2.13. The molecule has 0 atom stereocenters. The number of carbonyl (C=O) groups excluding carboxylic acids is 1. The van der Waals surface area contributed by atoms with Crippen molar-refractivity contribution in [2.75, 3.05) is 17.2 Å². The molecule has 0 aliphatic heterocycles. The number of halogens is 1. The number of benzene rings is 1. The lowest BCUT2D eigenvalue weighted by Crippen LogP contribution is -2.15. The molecule has 0 spiro atoms. The molecule has 21 heavy (non-hydrogen) atoms. The van der Waals surface area contributed by atoms with Gasteiger partial charge in [0.05, 0.1) is 12.2 Å². The van der Waals surface area contributed by atoms with Crippen LogP contribution in [-0.4, -0.2) is 22.5 Å². The number of nitrogens with zero attached hydrogens (tertiary/aromatic N) is 1. The first-order valence-corrected chi connectivity index (χ1v) is 7.34. The molecular weight excluding hydrogens is 334 g/mol. The summed E-state index contributed by atoms with van der Waals surface area (Å²) < 4.78 is 0.741. The molecule has 5 nitrogen and oxygen atoms in total. The van der Waals surface area contributed by atoms with Crippen LogP contribution in [0.3, 0.4) is 0 Å². The fraction of sp³-hybridized carbons (Fsp3) is 0.200. The summed E-state index contributed by atoms with van der Waals surface area (Å²) in [5, 5.41) is 14.9. The zero-order valence-electron chi connectivity index (χ0n) is 11.6. The maximum atomic E-state index is 12.4. The van der Waals surface area contributed by atoms with Gasteiger partial charge in [-0.1, -0.05) is 12.1 Å². The van der Waals surface area contributed by atoms with Crippen molar-refractivity contribution in [3.8, 4) is 0 Å². The second-order valence-electron chi connectivity index (χ2n) is 4.39. The maximum Gasteiger partial charge on any atom is 0.259 e. The fourth-order valence-corrected chi connectivity index (χ4v) is 2.14. The van der Waals surface area contributed by atoms with Crippen LogP contribution in [0, 0.1) is 0 Å². The highest BCUT2D eigenvalue weighted by molar-refractivity contribution is 9.10. The molecule has 0 unspecified atom stereocenters. The minimum atomic E-state index is -0.239. The average Bonchev–Trinajstić information content (AvgIpc) is 2.50. The first-order chi connectivity index (χ1) is 10.1. The van der Waals surface area contributed by atoms with Gasteiger partial charge >= 0.3 is 0 Å². The van der Waals surface area contributed by atoms with Crippen LogP contribution in [0.4, 0.5) is 11.5 Å². The third kappa shape index (κ3) is 4.03. The number of hydrogen-bond donors (Lipinski definition) is 3. The van der Waals surface area contributed by atoms with Crippen molar-refractivity contribution in [2.24, 2.45) is 0 Å². The number of aliphatic hydroxyl groups excluding tert-OH is 1. The van der Waals surface area contributed by atoms with E-state index < -0.39 is 0 Å². The Balaban J connectivity index is 2.20. The normalized spacial score (nSPS) is 10.2. The summed E-state index contributed by atoms with van der Waals surface area (Å²) in [5.74, 6) is 0.307. The molecule has 1 heterocycles. The minimum absolute atomic E-state index is 0.0195. The van der Waals surface area contributed by atoms with Crippen molar-refractivity contribution in [3.05, 3.63) is 52.1 Å². The van der Waals surface area contributed by atoms with Gasteiger partial charge in [-0.15, -0.1) is 0 Å². The van der Waals surface area contributed by atoms with Crippen LogP contribution in [0.2, 0.25) is 0 Å². The Hall–Kier alpha value is -1.92. The van der Waals surface area contributed by atoms with E-state index in [9.17, 15) is 4.79 Å². The molecule has 110 valence electrons. The Morgan fingerprint density at radius 3 is 2.67 bits per heavy atom. The fourth-order valence-electron chi connectivity index (χ4n) is 1.81. The smallest absolute Gasteiger partial charge is 0.259 e. The molecule has 1 aromatic heterocycles. The SMILES string of the molecule is CCNc1ncc(Br)cc1C(=O)Nc1ccc(CO)cc1. The molecule has 1 aromatic carbocycles. The Morgan fingerprint density at radius 1 is 1.33 bits per heavy atom. The van der Waals surface area contributed by atoms with Crippen molar-refractivity contribution < 1.29 is 9.90 Å². The molecule has 0 saturated carbocycles. The zero-order chi connectivity index (χ0) is 15.2. The summed E-state index contributed by atoms with van der Waals surface area (Å²) in [6, 6.07) is 8.76. The van der Waals surface area contributed by atoms with E-state index in [1.54, 1.807) is 36.5 Å². The number of aromatic nitrogens is 1. The van der Waals surface area contributed by atoms with E-state index in [1.165, 1.54) is 0 Å². The summed E-state index contributed by atoms with van der Waals surface area (Å²) >= 11 is 3.32. The van der Waals surface area contributed by atoms with E-state index in [1.807, 2.05) is 6.92 Å². The molecule has 0 saturated heterocycles. The van der Waals surface area contributed by atoms with Crippen LogP contribution >= 0.6 is 15.9 Å². The first-order valence-electron chi connectivity index (χ1n) is 6.54. The van der Waals surface area contributed by atoms with Crippen LogP contribution in [0.1, 0.15) is 22.8 Å². The highest BCUT2D eigenvalue weighted by Crippen LogP contribution is 2.20. The molecule has 3 N–H and O–H groups in total. The van der Waals surface area contributed by atoms with E-state index in [-0.39, 0.29) is 12.5 Å². The van der Waals surface area contributed by atoms with Gasteiger partial charge in [0.25, 0.3) is 5.91 Å². The second-order valence-corrected chi connectivity index (χ2v) is 5.30. The van der Waals surface area contributed by atoms with Gasteiger partial charge in [-0.2, -0.15) is 0 Å². The number of amides is 1. The van der Waals surface area contributed by atoms with Gasteiger partial charge in [0.1, 0.15) is 5.82 Å². The molecule has 0 bridgehead atoms. The van der Waals surface area contributed by atoms with Crippen LogP contribution in [0.5, 0.6) is 0 Å². The molecule has 0 fully saturated rings.